The van der Waals surface area contributed by atoms with Gasteiger partial charge < -0.3 is 9.47 Å². The quantitative estimate of drug-likeness (QED) is 0.643. The third kappa shape index (κ3) is 6.47. The van der Waals surface area contributed by atoms with E-state index in [1.807, 2.05) is 18.2 Å². The van der Waals surface area contributed by atoms with E-state index in [1.54, 1.807) is 12.1 Å². The summed E-state index contributed by atoms with van der Waals surface area (Å²) in [6, 6.07) is 16.7. The van der Waals surface area contributed by atoms with Gasteiger partial charge in [0.1, 0.15) is 0 Å². The van der Waals surface area contributed by atoms with Crippen LogP contribution in [0.2, 0.25) is 0 Å². The number of aryl methyl sites for hydroxylation is 1. The van der Waals surface area contributed by atoms with Gasteiger partial charge in [-0.15, -0.1) is 5.26 Å². The molecule has 0 atom stereocenters. The lowest BCUT2D eigenvalue weighted by atomic mass is 10.2. The number of carbonyl (C=O) groups excluding carboxylic acids is 1. The first-order valence-corrected chi connectivity index (χ1v) is 5.55. The number of hydrogen-bond donors (Lipinski definition) is 0. The molecule has 0 saturated heterocycles. The maximum absolute atomic E-state index is 9.97. The first kappa shape index (κ1) is 17.6. The minimum atomic E-state index is 0. The highest BCUT2D eigenvalue weighted by Crippen LogP contribution is 2.25. The summed E-state index contributed by atoms with van der Waals surface area (Å²) in [7, 11) is 0. The van der Waals surface area contributed by atoms with E-state index in [1.165, 1.54) is 24.0 Å². The minimum Gasteiger partial charge on any atom is -0.425 e. The van der Waals surface area contributed by atoms with Gasteiger partial charge in [0, 0.05) is 0 Å². The largest absolute Gasteiger partial charge is 0.425 e. The van der Waals surface area contributed by atoms with E-state index in [0.29, 0.717) is 0 Å². The van der Waals surface area contributed by atoms with Gasteiger partial charge in [0.15, 0.2) is 11.5 Å². The predicted molar refractivity (Wildman–Crippen MR) is 80.9 cm³/mol. The van der Waals surface area contributed by atoms with Crippen LogP contribution in [0.3, 0.4) is 0 Å². The average molecular weight is 289 g/mol. The minimum absolute atomic E-state index is 0. The Morgan fingerprint density at radius 2 is 1.55 bits per heavy atom. The van der Waals surface area contributed by atoms with Crippen molar-refractivity contribution in [2.45, 2.75) is 6.92 Å². The van der Waals surface area contributed by atoms with Gasteiger partial charge in [-0.05, 0) is 19.1 Å². The van der Waals surface area contributed by atoms with Crippen molar-refractivity contribution in [3.8, 4) is 17.8 Å². The maximum atomic E-state index is 9.97. The van der Waals surface area contributed by atoms with Crippen LogP contribution in [0.1, 0.15) is 5.56 Å². The van der Waals surface area contributed by atoms with Crippen molar-refractivity contribution in [2.24, 2.45) is 0 Å². The number of nitriles is 1. The molecule has 2 aromatic rings. The molecular weight excluding hydrogens is 274 g/mol. The Hall–Kier alpha value is -2.45. The lowest BCUT2D eigenvalue weighted by molar-refractivity contribution is -0.120. The van der Waals surface area contributed by atoms with Gasteiger partial charge in [0.2, 0.25) is 0 Å². The monoisotopic (exact) mass is 289 g/mol. The summed E-state index contributed by atoms with van der Waals surface area (Å²) in [4.78, 5) is 9.97. The fraction of sp³-hybridized carbons (Fsp3) is 0.0667. The molecule has 2 rings (SSSR count). The highest BCUT2D eigenvalue weighted by atomic mass is 32.1. The fourth-order valence-electron chi connectivity index (χ4n) is 1.27. The standard InChI is InChI=1S/C8H5NO3.C7H8.H2S/c9-5-11-7-3-1-2-4-8(7)12-6-10;1-7-5-3-2-4-6-7;/h1-4,6H;2-6H,1H3;1H2. The summed E-state index contributed by atoms with van der Waals surface area (Å²) in [6.45, 7) is 2.36. The molecule has 0 aliphatic heterocycles. The summed E-state index contributed by atoms with van der Waals surface area (Å²) in [5.74, 6) is 0.459. The molecule has 104 valence electrons. The molecule has 0 spiro atoms. The van der Waals surface area contributed by atoms with Gasteiger partial charge in [0.25, 0.3) is 12.7 Å². The molecule has 0 fully saturated rings. The average Bonchev–Trinajstić information content (AvgIpc) is 2.43. The number of ether oxygens (including phenoxy) is 2. The summed E-state index contributed by atoms with van der Waals surface area (Å²) in [6.07, 6.45) is 1.49. The lowest BCUT2D eigenvalue weighted by Crippen LogP contribution is -1.91. The van der Waals surface area contributed by atoms with E-state index in [-0.39, 0.29) is 31.5 Å². The first-order chi connectivity index (χ1) is 9.27. The highest BCUT2D eigenvalue weighted by Gasteiger charge is 2.02. The summed E-state index contributed by atoms with van der Waals surface area (Å²) in [5.41, 5.74) is 1.32. The van der Waals surface area contributed by atoms with E-state index in [2.05, 4.69) is 28.5 Å². The van der Waals surface area contributed by atoms with Crippen LogP contribution in [0.15, 0.2) is 54.6 Å². The Morgan fingerprint density at radius 1 is 1.00 bits per heavy atom. The van der Waals surface area contributed by atoms with Crippen molar-refractivity contribution in [1.82, 2.24) is 0 Å². The Kier molecular flexibility index (Phi) is 9.19. The fourth-order valence-corrected chi connectivity index (χ4v) is 1.27. The molecule has 4 nitrogen and oxygen atoms in total. The van der Waals surface area contributed by atoms with Gasteiger partial charge in [-0.2, -0.15) is 13.5 Å². The molecule has 2 aromatic carbocycles. The Morgan fingerprint density at radius 3 is 2.00 bits per heavy atom. The molecule has 20 heavy (non-hydrogen) atoms. The topological polar surface area (TPSA) is 59.3 Å². The van der Waals surface area contributed by atoms with Crippen molar-refractivity contribution >= 4 is 20.0 Å². The highest BCUT2D eigenvalue weighted by molar-refractivity contribution is 7.59. The van der Waals surface area contributed by atoms with Crippen LogP contribution in [-0.4, -0.2) is 6.47 Å². The van der Waals surface area contributed by atoms with Gasteiger partial charge >= 0.3 is 0 Å². The van der Waals surface area contributed by atoms with Crippen molar-refractivity contribution in [3.05, 3.63) is 60.2 Å². The Balaban J connectivity index is 0.000000387. The second-order valence-electron chi connectivity index (χ2n) is 3.51. The van der Waals surface area contributed by atoms with E-state index < -0.39 is 0 Å². The molecule has 0 aromatic heterocycles. The van der Waals surface area contributed by atoms with E-state index in [0.717, 1.165) is 0 Å². The van der Waals surface area contributed by atoms with Crippen LogP contribution in [0.25, 0.3) is 0 Å². The third-order valence-corrected chi connectivity index (χ3v) is 2.12. The number of benzene rings is 2. The number of nitrogens with zero attached hydrogens (tertiary/aromatic N) is 1. The van der Waals surface area contributed by atoms with Crippen LogP contribution < -0.4 is 9.47 Å². The molecule has 0 radical (unpaired) electrons. The predicted octanol–water partition coefficient (Wildman–Crippen LogP) is 3.19. The molecule has 0 amide bonds. The van der Waals surface area contributed by atoms with Crippen molar-refractivity contribution in [1.29, 1.82) is 5.26 Å². The molecule has 0 aliphatic carbocycles. The number of carbonyl (C=O) groups is 1. The van der Waals surface area contributed by atoms with Crippen molar-refractivity contribution in [3.63, 3.8) is 0 Å². The van der Waals surface area contributed by atoms with E-state index in [4.69, 9.17) is 5.26 Å². The first-order valence-electron chi connectivity index (χ1n) is 5.55. The molecule has 0 unspecified atom stereocenters. The Bertz CT molecular complexity index is 553. The summed E-state index contributed by atoms with van der Waals surface area (Å²) < 4.78 is 9.04. The number of hydrogen-bond acceptors (Lipinski definition) is 4. The SMILES string of the molecule is Cc1ccccc1.N#COc1ccccc1OC=O.S. The zero-order chi connectivity index (χ0) is 13.9. The second-order valence-corrected chi connectivity index (χ2v) is 3.51. The second kappa shape index (κ2) is 10.5. The smallest absolute Gasteiger partial charge is 0.298 e. The summed E-state index contributed by atoms with van der Waals surface area (Å²) in [5, 5.41) is 8.20. The van der Waals surface area contributed by atoms with E-state index >= 15 is 0 Å². The van der Waals surface area contributed by atoms with Gasteiger partial charge in [-0.1, -0.05) is 48.0 Å². The Labute approximate surface area is 125 Å². The van der Waals surface area contributed by atoms with Gasteiger partial charge in [-0.25, -0.2) is 0 Å². The van der Waals surface area contributed by atoms with Crippen LogP contribution in [0.4, 0.5) is 0 Å². The zero-order valence-electron chi connectivity index (χ0n) is 10.9. The maximum Gasteiger partial charge on any atom is 0.298 e. The molecule has 0 bridgehead atoms. The molecule has 0 heterocycles. The third-order valence-electron chi connectivity index (χ3n) is 2.12. The van der Waals surface area contributed by atoms with Gasteiger partial charge in [0.05, 0.1) is 0 Å². The number of rotatable bonds is 3. The van der Waals surface area contributed by atoms with Crippen molar-refractivity contribution in [2.75, 3.05) is 0 Å². The molecule has 5 heteroatoms. The molecular formula is C15H15NO3S. The summed E-state index contributed by atoms with van der Waals surface area (Å²) >= 11 is 0. The normalized spacial score (nSPS) is 8.00. The van der Waals surface area contributed by atoms with Crippen LogP contribution in [0, 0.1) is 18.4 Å². The van der Waals surface area contributed by atoms with Crippen LogP contribution in [-0.2, 0) is 4.79 Å². The van der Waals surface area contributed by atoms with Gasteiger partial charge in [-0.3, -0.25) is 4.79 Å². The molecule has 0 aliphatic rings. The van der Waals surface area contributed by atoms with Crippen molar-refractivity contribution < 1.29 is 14.3 Å². The molecule has 0 saturated carbocycles. The number of para-hydroxylation sites is 2. The van der Waals surface area contributed by atoms with Crippen LogP contribution >= 0.6 is 13.5 Å². The lowest BCUT2D eigenvalue weighted by Gasteiger charge is -2.01. The van der Waals surface area contributed by atoms with E-state index in [9.17, 15) is 4.79 Å². The molecule has 0 N–H and O–H groups in total. The zero-order valence-corrected chi connectivity index (χ0v) is 11.9. The van der Waals surface area contributed by atoms with Crippen LogP contribution in [0.5, 0.6) is 11.5 Å².